The Kier molecular flexibility index (Phi) is 4.54. The number of rotatable bonds is 5. The van der Waals surface area contributed by atoms with Gasteiger partial charge in [-0.05, 0) is 26.2 Å². The molecular formula is C11H21NO3. The zero-order valence-corrected chi connectivity index (χ0v) is 9.84. The van der Waals surface area contributed by atoms with Crippen molar-refractivity contribution in [2.75, 3.05) is 20.3 Å². The number of nitrogens with one attached hydrogen (secondary N) is 1. The molecule has 0 aromatic carbocycles. The fraction of sp³-hybridized carbons (Fsp3) is 0.909. The smallest absolute Gasteiger partial charge is 0.325 e. The standard InChI is InChI=1S/C11H21NO3/c1-4-11(2,10(13)14-3)12-8-9-6-5-7-15-9/h9,12H,4-8H2,1-3H3. The summed E-state index contributed by atoms with van der Waals surface area (Å²) < 4.78 is 10.3. The van der Waals surface area contributed by atoms with E-state index in [-0.39, 0.29) is 12.1 Å². The Bertz CT molecular complexity index is 214. The molecule has 0 aliphatic carbocycles. The van der Waals surface area contributed by atoms with E-state index in [1.165, 1.54) is 7.11 Å². The first kappa shape index (κ1) is 12.5. The molecule has 1 N–H and O–H groups in total. The van der Waals surface area contributed by atoms with Crippen LogP contribution in [0.2, 0.25) is 0 Å². The zero-order chi connectivity index (χ0) is 11.3. The number of esters is 1. The highest BCUT2D eigenvalue weighted by atomic mass is 16.5. The van der Waals surface area contributed by atoms with Crippen LogP contribution in [-0.4, -0.2) is 37.9 Å². The molecule has 1 fully saturated rings. The lowest BCUT2D eigenvalue weighted by atomic mass is 9.99. The SMILES string of the molecule is CCC(C)(NCC1CCCO1)C(=O)OC. The molecular weight excluding hydrogens is 194 g/mol. The molecule has 0 aromatic heterocycles. The lowest BCUT2D eigenvalue weighted by Gasteiger charge is -2.27. The summed E-state index contributed by atoms with van der Waals surface area (Å²) in [7, 11) is 1.42. The first-order chi connectivity index (χ1) is 7.12. The summed E-state index contributed by atoms with van der Waals surface area (Å²) in [6, 6.07) is 0. The topological polar surface area (TPSA) is 47.6 Å². The lowest BCUT2D eigenvalue weighted by Crippen LogP contribution is -2.51. The van der Waals surface area contributed by atoms with Gasteiger partial charge in [0.15, 0.2) is 0 Å². The Morgan fingerprint density at radius 3 is 2.87 bits per heavy atom. The summed E-state index contributed by atoms with van der Waals surface area (Å²) >= 11 is 0. The molecule has 2 unspecified atom stereocenters. The second kappa shape index (κ2) is 5.47. The number of carbonyl (C=O) groups excluding carboxylic acids is 1. The fourth-order valence-electron chi connectivity index (χ4n) is 1.71. The molecule has 0 spiro atoms. The van der Waals surface area contributed by atoms with Gasteiger partial charge in [0, 0.05) is 13.2 Å². The molecule has 0 saturated carbocycles. The van der Waals surface area contributed by atoms with Crippen molar-refractivity contribution >= 4 is 5.97 Å². The molecule has 15 heavy (non-hydrogen) atoms. The van der Waals surface area contributed by atoms with Crippen LogP contribution >= 0.6 is 0 Å². The van der Waals surface area contributed by atoms with Crippen LogP contribution in [0.15, 0.2) is 0 Å². The van der Waals surface area contributed by atoms with Crippen molar-refractivity contribution in [1.29, 1.82) is 0 Å². The second-order valence-electron chi connectivity index (χ2n) is 4.19. The highest BCUT2D eigenvalue weighted by Gasteiger charge is 2.32. The minimum Gasteiger partial charge on any atom is -0.468 e. The molecule has 0 radical (unpaired) electrons. The van der Waals surface area contributed by atoms with Gasteiger partial charge in [-0.3, -0.25) is 10.1 Å². The molecule has 0 bridgehead atoms. The molecule has 1 saturated heterocycles. The van der Waals surface area contributed by atoms with E-state index in [0.29, 0.717) is 6.42 Å². The van der Waals surface area contributed by atoms with E-state index in [4.69, 9.17) is 9.47 Å². The lowest BCUT2D eigenvalue weighted by molar-refractivity contribution is -0.148. The minimum absolute atomic E-state index is 0.206. The molecule has 4 heteroatoms. The number of ether oxygens (including phenoxy) is 2. The van der Waals surface area contributed by atoms with Crippen molar-refractivity contribution in [3.63, 3.8) is 0 Å². The van der Waals surface area contributed by atoms with Crippen LogP contribution in [0, 0.1) is 0 Å². The second-order valence-corrected chi connectivity index (χ2v) is 4.19. The van der Waals surface area contributed by atoms with E-state index in [9.17, 15) is 4.79 Å². The van der Waals surface area contributed by atoms with E-state index in [1.54, 1.807) is 0 Å². The average Bonchev–Trinajstić information content (AvgIpc) is 2.77. The van der Waals surface area contributed by atoms with Crippen LogP contribution in [0.5, 0.6) is 0 Å². The Hall–Kier alpha value is -0.610. The molecule has 0 aromatic rings. The van der Waals surface area contributed by atoms with E-state index in [2.05, 4.69) is 5.32 Å². The van der Waals surface area contributed by atoms with Crippen molar-refractivity contribution in [1.82, 2.24) is 5.32 Å². The third kappa shape index (κ3) is 3.18. The highest BCUT2D eigenvalue weighted by molar-refractivity contribution is 5.80. The van der Waals surface area contributed by atoms with E-state index >= 15 is 0 Å². The first-order valence-electron chi connectivity index (χ1n) is 5.57. The molecule has 0 amide bonds. The Morgan fingerprint density at radius 2 is 2.40 bits per heavy atom. The summed E-state index contributed by atoms with van der Waals surface area (Å²) in [6.07, 6.45) is 3.16. The fourth-order valence-corrected chi connectivity index (χ4v) is 1.71. The van der Waals surface area contributed by atoms with Gasteiger partial charge in [-0.2, -0.15) is 0 Å². The summed E-state index contributed by atoms with van der Waals surface area (Å²) in [4.78, 5) is 11.5. The van der Waals surface area contributed by atoms with Crippen molar-refractivity contribution in [3.05, 3.63) is 0 Å². The van der Waals surface area contributed by atoms with Crippen LogP contribution in [0.1, 0.15) is 33.1 Å². The van der Waals surface area contributed by atoms with Gasteiger partial charge >= 0.3 is 5.97 Å². The van der Waals surface area contributed by atoms with Gasteiger partial charge in [0.2, 0.25) is 0 Å². The number of hydrogen-bond acceptors (Lipinski definition) is 4. The van der Waals surface area contributed by atoms with Crippen LogP contribution < -0.4 is 5.32 Å². The quantitative estimate of drug-likeness (QED) is 0.698. The Morgan fingerprint density at radius 1 is 1.67 bits per heavy atom. The van der Waals surface area contributed by atoms with Crippen LogP contribution in [0.4, 0.5) is 0 Å². The number of hydrogen-bond donors (Lipinski definition) is 1. The van der Waals surface area contributed by atoms with Crippen LogP contribution in [0.25, 0.3) is 0 Å². The predicted molar refractivity (Wildman–Crippen MR) is 57.7 cm³/mol. The largest absolute Gasteiger partial charge is 0.468 e. The van der Waals surface area contributed by atoms with Gasteiger partial charge in [0.05, 0.1) is 13.2 Å². The Balaban J connectivity index is 2.41. The van der Waals surface area contributed by atoms with Crippen LogP contribution in [0.3, 0.4) is 0 Å². The molecule has 1 rings (SSSR count). The van der Waals surface area contributed by atoms with Crippen molar-refractivity contribution < 1.29 is 14.3 Å². The summed E-state index contributed by atoms with van der Waals surface area (Å²) in [5.74, 6) is -0.206. The van der Waals surface area contributed by atoms with Gasteiger partial charge in [-0.15, -0.1) is 0 Å². The third-order valence-electron chi connectivity index (χ3n) is 3.09. The van der Waals surface area contributed by atoms with Gasteiger partial charge in [-0.1, -0.05) is 6.92 Å². The average molecular weight is 215 g/mol. The molecule has 2 atom stereocenters. The van der Waals surface area contributed by atoms with Crippen LogP contribution in [-0.2, 0) is 14.3 Å². The molecule has 4 nitrogen and oxygen atoms in total. The summed E-state index contributed by atoms with van der Waals surface area (Å²) in [6.45, 7) is 5.40. The number of carbonyl (C=O) groups is 1. The zero-order valence-electron chi connectivity index (χ0n) is 9.84. The maximum atomic E-state index is 11.5. The summed E-state index contributed by atoms with van der Waals surface area (Å²) in [5.41, 5.74) is -0.583. The normalized spacial score (nSPS) is 24.9. The van der Waals surface area contributed by atoms with Gasteiger partial charge in [0.1, 0.15) is 5.54 Å². The van der Waals surface area contributed by atoms with Gasteiger partial charge < -0.3 is 9.47 Å². The minimum atomic E-state index is -0.583. The maximum Gasteiger partial charge on any atom is 0.325 e. The predicted octanol–water partition coefficient (Wildman–Crippen LogP) is 1.10. The van der Waals surface area contributed by atoms with Crippen molar-refractivity contribution in [3.8, 4) is 0 Å². The molecule has 88 valence electrons. The summed E-state index contributed by atoms with van der Waals surface area (Å²) in [5, 5.41) is 3.24. The third-order valence-corrected chi connectivity index (χ3v) is 3.09. The number of methoxy groups -OCH3 is 1. The first-order valence-corrected chi connectivity index (χ1v) is 5.57. The molecule has 1 heterocycles. The van der Waals surface area contributed by atoms with Crippen molar-refractivity contribution in [2.45, 2.75) is 44.8 Å². The van der Waals surface area contributed by atoms with Gasteiger partial charge in [-0.25, -0.2) is 0 Å². The molecule has 1 aliphatic rings. The maximum absolute atomic E-state index is 11.5. The van der Waals surface area contributed by atoms with E-state index < -0.39 is 5.54 Å². The van der Waals surface area contributed by atoms with Crippen molar-refractivity contribution in [2.24, 2.45) is 0 Å². The van der Waals surface area contributed by atoms with E-state index in [0.717, 1.165) is 26.0 Å². The van der Waals surface area contributed by atoms with E-state index in [1.807, 2.05) is 13.8 Å². The van der Waals surface area contributed by atoms with Gasteiger partial charge in [0.25, 0.3) is 0 Å². The molecule has 1 aliphatic heterocycles. The highest BCUT2D eigenvalue weighted by Crippen LogP contribution is 2.15. The monoisotopic (exact) mass is 215 g/mol. The Labute approximate surface area is 91.3 Å².